The van der Waals surface area contributed by atoms with Gasteiger partial charge >= 0.3 is 0 Å². The number of rotatable bonds is 7. The van der Waals surface area contributed by atoms with Gasteiger partial charge in [0.25, 0.3) is 0 Å². The minimum atomic E-state index is -0.162. The van der Waals surface area contributed by atoms with E-state index >= 15 is 0 Å². The number of aliphatic hydroxyl groups excluding tert-OH is 1. The SMILES string of the molecule is CCC(CC)(CC)C(O)CC(C)(C)C(C)C. The summed E-state index contributed by atoms with van der Waals surface area (Å²) < 4.78 is 0. The Morgan fingerprint density at radius 2 is 1.31 bits per heavy atom. The van der Waals surface area contributed by atoms with Crippen molar-refractivity contribution in [3.05, 3.63) is 0 Å². The fourth-order valence-electron chi connectivity index (χ4n) is 2.41. The number of aliphatic hydroxyl groups is 1. The van der Waals surface area contributed by atoms with Crippen LogP contribution in [0.15, 0.2) is 0 Å². The molecule has 16 heavy (non-hydrogen) atoms. The predicted octanol–water partition coefficient (Wildman–Crippen LogP) is 4.64. The predicted molar refractivity (Wildman–Crippen MR) is 72.5 cm³/mol. The average Bonchev–Trinajstić information content (AvgIpc) is 2.20. The van der Waals surface area contributed by atoms with Crippen LogP contribution in [-0.2, 0) is 0 Å². The van der Waals surface area contributed by atoms with Gasteiger partial charge in [0, 0.05) is 0 Å². The minimum Gasteiger partial charge on any atom is -0.393 e. The molecule has 0 radical (unpaired) electrons. The lowest BCUT2D eigenvalue weighted by molar-refractivity contribution is -0.0242. The van der Waals surface area contributed by atoms with E-state index in [1.807, 2.05) is 0 Å². The molecule has 1 nitrogen and oxygen atoms in total. The van der Waals surface area contributed by atoms with Gasteiger partial charge in [0.1, 0.15) is 0 Å². The summed E-state index contributed by atoms with van der Waals surface area (Å²) in [6.07, 6.45) is 3.99. The van der Waals surface area contributed by atoms with Crippen LogP contribution in [0.5, 0.6) is 0 Å². The van der Waals surface area contributed by atoms with Gasteiger partial charge < -0.3 is 5.11 Å². The van der Waals surface area contributed by atoms with Gasteiger partial charge in [-0.15, -0.1) is 0 Å². The molecule has 0 saturated carbocycles. The van der Waals surface area contributed by atoms with Crippen molar-refractivity contribution in [3.63, 3.8) is 0 Å². The molecule has 0 aliphatic carbocycles. The average molecular weight is 228 g/mol. The Morgan fingerprint density at radius 1 is 0.938 bits per heavy atom. The molecule has 0 rings (SSSR count). The smallest absolute Gasteiger partial charge is 0.0601 e. The Kier molecular flexibility index (Phi) is 6.03. The molecule has 0 aromatic rings. The fraction of sp³-hybridized carbons (Fsp3) is 1.00. The first-order valence-corrected chi connectivity index (χ1v) is 6.93. The molecule has 0 spiro atoms. The van der Waals surface area contributed by atoms with E-state index in [-0.39, 0.29) is 16.9 Å². The van der Waals surface area contributed by atoms with Crippen LogP contribution >= 0.6 is 0 Å². The van der Waals surface area contributed by atoms with Gasteiger partial charge in [-0.3, -0.25) is 0 Å². The maximum absolute atomic E-state index is 10.5. The van der Waals surface area contributed by atoms with Crippen LogP contribution in [-0.4, -0.2) is 11.2 Å². The van der Waals surface area contributed by atoms with Crippen molar-refractivity contribution in [1.82, 2.24) is 0 Å². The molecule has 0 bridgehead atoms. The van der Waals surface area contributed by atoms with Gasteiger partial charge in [0.05, 0.1) is 6.10 Å². The molecule has 1 N–H and O–H groups in total. The lowest BCUT2D eigenvalue weighted by Crippen LogP contribution is -2.38. The maximum Gasteiger partial charge on any atom is 0.0601 e. The van der Waals surface area contributed by atoms with Crippen LogP contribution in [0, 0.1) is 16.7 Å². The van der Waals surface area contributed by atoms with Gasteiger partial charge in [-0.25, -0.2) is 0 Å². The van der Waals surface area contributed by atoms with Crippen LogP contribution in [0.2, 0.25) is 0 Å². The van der Waals surface area contributed by atoms with Gasteiger partial charge in [-0.1, -0.05) is 48.5 Å². The number of hydrogen-bond donors (Lipinski definition) is 1. The molecule has 0 aromatic heterocycles. The summed E-state index contributed by atoms with van der Waals surface area (Å²) in [7, 11) is 0. The highest BCUT2D eigenvalue weighted by Gasteiger charge is 2.37. The molecule has 0 aliphatic rings. The van der Waals surface area contributed by atoms with Gasteiger partial charge in [-0.2, -0.15) is 0 Å². The normalized spacial score (nSPS) is 15.6. The van der Waals surface area contributed by atoms with Crippen molar-refractivity contribution in [2.24, 2.45) is 16.7 Å². The molecule has 0 fully saturated rings. The molecular weight excluding hydrogens is 196 g/mol. The zero-order valence-corrected chi connectivity index (χ0v) is 12.4. The highest BCUT2D eigenvalue weighted by molar-refractivity contribution is 4.87. The van der Waals surface area contributed by atoms with E-state index < -0.39 is 0 Å². The van der Waals surface area contributed by atoms with Crippen molar-refractivity contribution in [2.45, 2.75) is 80.3 Å². The Balaban J connectivity index is 4.72. The Hall–Kier alpha value is -0.0400. The molecule has 98 valence electrons. The fourth-order valence-corrected chi connectivity index (χ4v) is 2.41. The molecular formula is C15H32O. The van der Waals surface area contributed by atoms with Crippen molar-refractivity contribution in [1.29, 1.82) is 0 Å². The topological polar surface area (TPSA) is 20.2 Å². The lowest BCUT2D eigenvalue weighted by Gasteiger charge is -2.41. The first-order valence-electron chi connectivity index (χ1n) is 6.93. The monoisotopic (exact) mass is 228 g/mol. The molecule has 0 saturated heterocycles. The highest BCUT2D eigenvalue weighted by atomic mass is 16.3. The third kappa shape index (κ3) is 3.48. The van der Waals surface area contributed by atoms with E-state index in [1.165, 1.54) is 0 Å². The van der Waals surface area contributed by atoms with Gasteiger partial charge in [0.15, 0.2) is 0 Å². The summed E-state index contributed by atoms with van der Waals surface area (Å²) >= 11 is 0. The molecule has 0 heterocycles. The van der Waals surface area contributed by atoms with Crippen LogP contribution in [0.4, 0.5) is 0 Å². The summed E-state index contributed by atoms with van der Waals surface area (Å²) in [5.41, 5.74) is 0.357. The second-order valence-electron chi connectivity index (χ2n) is 6.29. The summed E-state index contributed by atoms with van der Waals surface area (Å²) in [6, 6.07) is 0. The Morgan fingerprint density at radius 3 is 1.56 bits per heavy atom. The first kappa shape index (κ1) is 16.0. The minimum absolute atomic E-state index is 0.131. The zero-order valence-electron chi connectivity index (χ0n) is 12.4. The Labute approximate surface area is 103 Å². The van der Waals surface area contributed by atoms with E-state index in [9.17, 15) is 5.11 Å². The van der Waals surface area contributed by atoms with Crippen LogP contribution in [0.25, 0.3) is 0 Å². The van der Waals surface area contributed by atoms with Crippen molar-refractivity contribution in [3.8, 4) is 0 Å². The second kappa shape index (κ2) is 6.05. The summed E-state index contributed by atoms with van der Waals surface area (Å²) in [4.78, 5) is 0. The maximum atomic E-state index is 10.5. The van der Waals surface area contributed by atoms with E-state index in [4.69, 9.17) is 0 Å². The highest BCUT2D eigenvalue weighted by Crippen LogP contribution is 2.41. The number of hydrogen-bond acceptors (Lipinski definition) is 1. The summed E-state index contributed by atoms with van der Waals surface area (Å²) in [5.74, 6) is 0.616. The van der Waals surface area contributed by atoms with E-state index in [1.54, 1.807) is 0 Å². The van der Waals surface area contributed by atoms with E-state index in [0.717, 1.165) is 25.7 Å². The van der Waals surface area contributed by atoms with Crippen LogP contribution < -0.4 is 0 Å². The molecule has 0 aromatic carbocycles. The largest absolute Gasteiger partial charge is 0.393 e. The van der Waals surface area contributed by atoms with Crippen LogP contribution in [0.1, 0.15) is 74.1 Å². The van der Waals surface area contributed by atoms with E-state index in [2.05, 4.69) is 48.5 Å². The van der Waals surface area contributed by atoms with Gasteiger partial charge in [-0.05, 0) is 42.4 Å². The molecule has 1 heteroatoms. The van der Waals surface area contributed by atoms with Crippen molar-refractivity contribution >= 4 is 0 Å². The second-order valence-corrected chi connectivity index (χ2v) is 6.29. The van der Waals surface area contributed by atoms with Gasteiger partial charge in [0.2, 0.25) is 0 Å². The van der Waals surface area contributed by atoms with Crippen LogP contribution in [0.3, 0.4) is 0 Å². The van der Waals surface area contributed by atoms with E-state index in [0.29, 0.717) is 5.92 Å². The summed E-state index contributed by atoms with van der Waals surface area (Å²) in [6.45, 7) is 15.7. The first-order chi connectivity index (χ1) is 7.25. The lowest BCUT2D eigenvalue weighted by atomic mass is 9.67. The zero-order chi connectivity index (χ0) is 13.0. The Bertz CT molecular complexity index is 181. The molecule has 0 aliphatic heterocycles. The summed E-state index contributed by atoms with van der Waals surface area (Å²) in [5, 5.41) is 10.5. The van der Waals surface area contributed by atoms with Crippen molar-refractivity contribution < 1.29 is 5.11 Å². The standard InChI is InChI=1S/C15H32O/c1-8-15(9-2,10-3)13(16)11-14(6,7)12(4)5/h12-13,16H,8-11H2,1-7H3. The molecule has 1 unspecified atom stereocenters. The quantitative estimate of drug-likeness (QED) is 0.673. The third-order valence-corrected chi connectivity index (χ3v) is 5.10. The third-order valence-electron chi connectivity index (χ3n) is 5.10. The molecule has 0 amide bonds. The van der Waals surface area contributed by atoms with Crippen molar-refractivity contribution in [2.75, 3.05) is 0 Å². The molecule has 1 atom stereocenters.